The molecule has 0 radical (unpaired) electrons. The van der Waals surface area contributed by atoms with Gasteiger partial charge in [0.05, 0.1) is 7.11 Å². The van der Waals surface area contributed by atoms with Crippen LogP contribution in [0.2, 0.25) is 0 Å². The predicted octanol–water partition coefficient (Wildman–Crippen LogP) is 1.42. The number of methoxy groups -OCH3 is 1. The van der Waals surface area contributed by atoms with Crippen LogP contribution in [-0.2, 0) is 0 Å². The van der Waals surface area contributed by atoms with E-state index in [4.69, 9.17) is 10.5 Å². The highest BCUT2D eigenvalue weighted by Crippen LogP contribution is 2.36. The molecular weight excluding hydrogens is 206 g/mol. The third kappa shape index (κ3) is 2.46. The van der Waals surface area contributed by atoms with Crippen LogP contribution in [0.25, 0.3) is 0 Å². The molecule has 4 nitrogen and oxygen atoms in total. The topological polar surface area (TPSA) is 75.7 Å². The van der Waals surface area contributed by atoms with Crippen molar-refractivity contribution in [3.8, 4) is 11.5 Å². The Bertz CT molecular complexity index is 363. The lowest BCUT2D eigenvalue weighted by molar-refractivity contribution is 0.131. The summed E-state index contributed by atoms with van der Waals surface area (Å²) >= 11 is 0. The summed E-state index contributed by atoms with van der Waals surface area (Å²) in [6.07, 6.45) is 0. The van der Waals surface area contributed by atoms with Gasteiger partial charge in [0.2, 0.25) is 0 Å². The minimum absolute atomic E-state index is 0.0508. The van der Waals surface area contributed by atoms with Gasteiger partial charge < -0.3 is 20.7 Å². The van der Waals surface area contributed by atoms with E-state index in [0.29, 0.717) is 11.3 Å². The molecule has 1 rings (SSSR count). The number of hydrogen-bond donors (Lipinski definition) is 3. The van der Waals surface area contributed by atoms with Gasteiger partial charge in [0.1, 0.15) is 11.5 Å². The molecular formula is C12H19NO3. The van der Waals surface area contributed by atoms with Crippen molar-refractivity contribution < 1.29 is 14.9 Å². The standard InChI is InChI=1S/C12H19NO3/c1-12(2,7-14)11(13)9-6-8(16-3)4-5-10(9)15/h4-6,11,14-15H,7,13H2,1-3H3/t11-/m1/s1. The van der Waals surface area contributed by atoms with Crippen LogP contribution in [0.5, 0.6) is 11.5 Å². The van der Waals surface area contributed by atoms with Crippen molar-refractivity contribution in [2.45, 2.75) is 19.9 Å². The average molecular weight is 225 g/mol. The maximum atomic E-state index is 9.74. The summed E-state index contributed by atoms with van der Waals surface area (Å²) in [7, 11) is 1.55. The van der Waals surface area contributed by atoms with Crippen molar-refractivity contribution in [1.29, 1.82) is 0 Å². The minimum atomic E-state index is -0.496. The third-order valence-electron chi connectivity index (χ3n) is 2.82. The second-order valence-electron chi connectivity index (χ2n) is 4.55. The molecule has 4 heteroatoms. The van der Waals surface area contributed by atoms with Gasteiger partial charge in [-0.25, -0.2) is 0 Å². The predicted molar refractivity (Wildman–Crippen MR) is 62.5 cm³/mol. The Morgan fingerprint density at radius 3 is 2.56 bits per heavy atom. The molecule has 0 aromatic heterocycles. The number of hydrogen-bond acceptors (Lipinski definition) is 4. The van der Waals surface area contributed by atoms with E-state index < -0.39 is 11.5 Å². The Balaban J connectivity index is 3.11. The van der Waals surface area contributed by atoms with E-state index in [9.17, 15) is 10.2 Å². The van der Waals surface area contributed by atoms with Gasteiger partial charge in [0.15, 0.2) is 0 Å². The monoisotopic (exact) mass is 225 g/mol. The molecule has 0 saturated carbocycles. The number of ether oxygens (including phenoxy) is 1. The maximum absolute atomic E-state index is 9.74. The van der Waals surface area contributed by atoms with Gasteiger partial charge in [-0.05, 0) is 18.2 Å². The van der Waals surface area contributed by atoms with Crippen LogP contribution < -0.4 is 10.5 Å². The SMILES string of the molecule is COc1ccc(O)c([C@@H](N)C(C)(C)CO)c1. The number of rotatable bonds is 4. The van der Waals surface area contributed by atoms with E-state index in [-0.39, 0.29) is 12.4 Å². The van der Waals surface area contributed by atoms with Crippen LogP contribution >= 0.6 is 0 Å². The Labute approximate surface area is 95.7 Å². The summed E-state index contributed by atoms with van der Waals surface area (Å²) in [5, 5.41) is 19.0. The lowest BCUT2D eigenvalue weighted by atomic mass is 9.81. The van der Waals surface area contributed by atoms with E-state index >= 15 is 0 Å². The summed E-state index contributed by atoms with van der Waals surface area (Å²) < 4.78 is 5.08. The summed E-state index contributed by atoms with van der Waals surface area (Å²) in [5.41, 5.74) is 6.12. The molecule has 1 aromatic carbocycles. The van der Waals surface area contributed by atoms with Crippen molar-refractivity contribution in [2.24, 2.45) is 11.1 Å². The Morgan fingerprint density at radius 2 is 2.06 bits per heavy atom. The first-order chi connectivity index (χ1) is 7.42. The molecule has 0 amide bonds. The second-order valence-corrected chi connectivity index (χ2v) is 4.55. The molecule has 0 spiro atoms. The van der Waals surface area contributed by atoms with Crippen LogP contribution in [0, 0.1) is 5.41 Å². The van der Waals surface area contributed by atoms with Crippen LogP contribution in [-0.4, -0.2) is 23.9 Å². The van der Waals surface area contributed by atoms with E-state index in [1.807, 2.05) is 13.8 Å². The van der Waals surface area contributed by atoms with E-state index in [2.05, 4.69) is 0 Å². The minimum Gasteiger partial charge on any atom is -0.508 e. The number of benzene rings is 1. The van der Waals surface area contributed by atoms with Crippen LogP contribution in [0.15, 0.2) is 18.2 Å². The summed E-state index contributed by atoms with van der Waals surface area (Å²) in [6, 6.07) is 4.45. The quantitative estimate of drug-likeness (QED) is 0.724. The van der Waals surface area contributed by atoms with Gasteiger partial charge in [0, 0.05) is 23.6 Å². The number of aromatic hydroxyl groups is 1. The first-order valence-corrected chi connectivity index (χ1v) is 5.15. The van der Waals surface area contributed by atoms with Gasteiger partial charge in [0.25, 0.3) is 0 Å². The fraction of sp³-hybridized carbons (Fsp3) is 0.500. The van der Waals surface area contributed by atoms with Crippen LogP contribution in [0.1, 0.15) is 25.5 Å². The van der Waals surface area contributed by atoms with Crippen LogP contribution in [0.4, 0.5) is 0 Å². The molecule has 0 saturated heterocycles. The highest BCUT2D eigenvalue weighted by Gasteiger charge is 2.29. The van der Waals surface area contributed by atoms with E-state index in [1.54, 1.807) is 25.3 Å². The van der Waals surface area contributed by atoms with Crippen molar-refractivity contribution in [1.82, 2.24) is 0 Å². The molecule has 0 aliphatic heterocycles. The van der Waals surface area contributed by atoms with Crippen molar-refractivity contribution in [3.05, 3.63) is 23.8 Å². The van der Waals surface area contributed by atoms with Crippen LogP contribution in [0.3, 0.4) is 0 Å². The number of phenols is 1. The lowest BCUT2D eigenvalue weighted by Gasteiger charge is -2.30. The van der Waals surface area contributed by atoms with Gasteiger partial charge >= 0.3 is 0 Å². The zero-order valence-corrected chi connectivity index (χ0v) is 9.90. The molecule has 90 valence electrons. The van der Waals surface area contributed by atoms with Crippen molar-refractivity contribution in [2.75, 3.05) is 13.7 Å². The zero-order valence-electron chi connectivity index (χ0n) is 9.90. The van der Waals surface area contributed by atoms with E-state index in [1.165, 1.54) is 0 Å². The van der Waals surface area contributed by atoms with Gasteiger partial charge in [-0.15, -0.1) is 0 Å². The number of aliphatic hydroxyl groups excluding tert-OH is 1. The molecule has 4 N–H and O–H groups in total. The average Bonchev–Trinajstić information content (AvgIpc) is 2.29. The molecule has 0 aliphatic carbocycles. The molecule has 1 atom stereocenters. The molecule has 0 fully saturated rings. The molecule has 0 unspecified atom stereocenters. The Hall–Kier alpha value is -1.26. The van der Waals surface area contributed by atoms with Gasteiger partial charge in [-0.3, -0.25) is 0 Å². The fourth-order valence-corrected chi connectivity index (χ4v) is 1.43. The van der Waals surface area contributed by atoms with Gasteiger partial charge in [-0.2, -0.15) is 0 Å². The smallest absolute Gasteiger partial charge is 0.120 e. The highest BCUT2D eigenvalue weighted by atomic mass is 16.5. The summed E-state index contributed by atoms with van der Waals surface area (Å²) in [5.74, 6) is 0.756. The molecule has 1 aromatic rings. The lowest BCUT2D eigenvalue weighted by Crippen LogP contribution is -2.32. The summed E-state index contributed by atoms with van der Waals surface area (Å²) in [6.45, 7) is 3.64. The first-order valence-electron chi connectivity index (χ1n) is 5.15. The van der Waals surface area contributed by atoms with Crippen molar-refractivity contribution >= 4 is 0 Å². The van der Waals surface area contributed by atoms with Crippen molar-refractivity contribution in [3.63, 3.8) is 0 Å². The fourth-order valence-electron chi connectivity index (χ4n) is 1.43. The second kappa shape index (κ2) is 4.72. The molecule has 0 bridgehead atoms. The number of nitrogens with two attached hydrogens (primary N) is 1. The molecule has 0 heterocycles. The Kier molecular flexibility index (Phi) is 3.78. The number of phenolic OH excluding ortho intramolecular Hbond substituents is 1. The van der Waals surface area contributed by atoms with E-state index in [0.717, 1.165) is 0 Å². The summed E-state index contributed by atoms with van der Waals surface area (Å²) in [4.78, 5) is 0. The molecule has 0 aliphatic rings. The first kappa shape index (κ1) is 12.8. The largest absolute Gasteiger partial charge is 0.508 e. The maximum Gasteiger partial charge on any atom is 0.120 e. The highest BCUT2D eigenvalue weighted by molar-refractivity contribution is 5.41. The number of aliphatic hydroxyl groups is 1. The zero-order chi connectivity index (χ0) is 12.3. The normalized spacial score (nSPS) is 13.6. The Morgan fingerprint density at radius 1 is 1.44 bits per heavy atom. The third-order valence-corrected chi connectivity index (χ3v) is 2.82. The van der Waals surface area contributed by atoms with Gasteiger partial charge in [-0.1, -0.05) is 13.8 Å². The molecule has 16 heavy (non-hydrogen) atoms.